The van der Waals surface area contributed by atoms with E-state index in [-0.39, 0.29) is 0 Å². The number of alkyl halides is 3. The van der Waals surface area contributed by atoms with E-state index in [0.29, 0.717) is 17.7 Å². The van der Waals surface area contributed by atoms with Gasteiger partial charge in [0, 0.05) is 17.8 Å². The van der Waals surface area contributed by atoms with Gasteiger partial charge >= 0.3 is 6.18 Å². The Morgan fingerprint density at radius 2 is 2.19 bits per heavy atom. The number of aryl methyl sites for hydroxylation is 2. The lowest BCUT2D eigenvalue weighted by Gasteiger charge is -2.09. The van der Waals surface area contributed by atoms with Crippen molar-refractivity contribution in [3.63, 3.8) is 0 Å². The summed E-state index contributed by atoms with van der Waals surface area (Å²) in [6.07, 6.45) is 3.78. The van der Waals surface area contributed by atoms with Crippen molar-refractivity contribution in [2.24, 2.45) is 0 Å². The summed E-state index contributed by atoms with van der Waals surface area (Å²) in [6, 6.07) is 1.89. The Bertz CT molecular complexity index is 568. The normalized spacial score (nSPS) is 16.8. The molecule has 0 saturated carbocycles. The predicted octanol–water partition coefficient (Wildman–Crippen LogP) is 4.69. The van der Waals surface area contributed by atoms with Gasteiger partial charge in [-0.3, -0.25) is 4.68 Å². The van der Waals surface area contributed by atoms with Crippen LogP contribution in [0.15, 0.2) is 35.9 Å². The van der Waals surface area contributed by atoms with Gasteiger partial charge in [0.1, 0.15) is 0 Å². The first-order chi connectivity index (χ1) is 9.95. The first kappa shape index (κ1) is 15.6. The Labute approximate surface area is 122 Å². The van der Waals surface area contributed by atoms with Crippen molar-refractivity contribution >= 4 is 5.57 Å². The van der Waals surface area contributed by atoms with E-state index in [1.165, 1.54) is 12.2 Å². The van der Waals surface area contributed by atoms with Gasteiger partial charge in [-0.15, -0.1) is 0 Å². The van der Waals surface area contributed by atoms with Crippen LogP contribution in [0.1, 0.15) is 38.1 Å². The second-order valence-electron chi connectivity index (χ2n) is 5.01. The molecule has 0 bridgehead atoms. The van der Waals surface area contributed by atoms with Gasteiger partial charge < -0.3 is 0 Å². The smallest absolute Gasteiger partial charge is 0.269 e. The standard InChI is InChI=1S/C16H19F3N2/c1-3-6-12(10-13(7-4-2)16(17,18)19)15-11-14-8-5-9-21(14)20-15/h3,6-7,10-11H,4-5,8-9H2,1-2H3/b6-3-,12-10+,13-7-. The van der Waals surface area contributed by atoms with E-state index in [0.717, 1.165) is 25.1 Å². The molecule has 0 saturated heterocycles. The fourth-order valence-electron chi connectivity index (χ4n) is 2.43. The van der Waals surface area contributed by atoms with Crippen molar-refractivity contribution < 1.29 is 13.2 Å². The third-order valence-electron chi connectivity index (χ3n) is 3.37. The molecule has 114 valence electrons. The van der Waals surface area contributed by atoms with Crippen LogP contribution in [0.3, 0.4) is 0 Å². The first-order valence-electron chi connectivity index (χ1n) is 7.14. The van der Waals surface area contributed by atoms with Crippen LogP contribution < -0.4 is 0 Å². The highest BCUT2D eigenvalue weighted by Gasteiger charge is 2.32. The van der Waals surface area contributed by atoms with Crippen LogP contribution in [0.2, 0.25) is 0 Å². The van der Waals surface area contributed by atoms with E-state index in [4.69, 9.17) is 0 Å². The number of halogens is 3. The first-order valence-corrected chi connectivity index (χ1v) is 7.14. The Hall–Kier alpha value is -1.78. The van der Waals surface area contributed by atoms with Gasteiger partial charge in [0.2, 0.25) is 0 Å². The Morgan fingerprint density at radius 3 is 2.76 bits per heavy atom. The average molecular weight is 296 g/mol. The highest BCUT2D eigenvalue weighted by atomic mass is 19.4. The van der Waals surface area contributed by atoms with Crippen LogP contribution in [0.5, 0.6) is 0 Å². The van der Waals surface area contributed by atoms with Gasteiger partial charge in [-0.05, 0) is 38.3 Å². The summed E-state index contributed by atoms with van der Waals surface area (Å²) in [5.74, 6) is 0. The fourth-order valence-corrected chi connectivity index (χ4v) is 2.43. The van der Waals surface area contributed by atoms with Gasteiger partial charge in [-0.25, -0.2) is 0 Å². The summed E-state index contributed by atoms with van der Waals surface area (Å²) in [5, 5.41) is 4.41. The molecular weight excluding hydrogens is 277 g/mol. The monoisotopic (exact) mass is 296 g/mol. The second-order valence-corrected chi connectivity index (χ2v) is 5.01. The molecule has 1 aromatic rings. The molecule has 0 spiro atoms. The molecule has 0 radical (unpaired) electrons. The van der Waals surface area contributed by atoms with E-state index in [9.17, 15) is 13.2 Å². The third kappa shape index (κ3) is 3.65. The van der Waals surface area contributed by atoms with Crippen molar-refractivity contribution in [3.05, 3.63) is 47.3 Å². The molecule has 0 aromatic carbocycles. The van der Waals surface area contributed by atoms with Crippen molar-refractivity contribution in [3.8, 4) is 0 Å². The number of hydrogen-bond donors (Lipinski definition) is 0. The maximum Gasteiger partial charge on any atom is 0.416 e. The summed E-state index contributed by atoms with van der Waals surface area (Å²) in [5.41, 5.74) is 1.57. The molecule has 0 fully saturated rings. The fraction of sp³-hybridized carbons (Fsp3) is 0.438. The Kier molecular flexibility index (Phi) is 4.70. The topological polar surface area (TPSA) is 17.8 Å². The molecule has 1 aromatic heterocycles. The predicted molar refractivity (Wildman–Crippen MR) is 77.8 cm³/mol. The minimum atomic E-state index is -4.34. The van der Waals surface area contributed by atoms with Crippen LogP contribution in [0.25, 0.3) is 5.57 Å². The maximum absolute atomic E-state index is 13.0. The van der Waals surface area contributed by atoms with E-state index in [1.54, 1.807) is 26.0 Å². The zero-order valence-corrected chi connectivity index (χ0v) is 12.2. The lowest BCUT2D eigenvalue weighted by Crippen LogP contribution is -2.10. The SMILES string of the molecule is C\C=C/C(=C\C(=C\CC)C(F)(F)F)c1cc2n(n1)CCC2. The van der Waals surface area contributed by atoms with E-state index < -0.39 is 11.7 Å². The molecule has 1 aliphatic rings. The lowest BCUT2D eigenvalue weighted by molar-refractivity contribution is -0.0883. The minimum Gasteiger partial charge on any atom is -0.269 e. The molecule has 1 aliphatic heterocycles. The van der Waals surface area contributed by atoms with E-state index in [2.05, 4.69) is 5.10 Å². The second kappa shape index (κ2) is 6.33. The Balaban J connectivity index is 2.41. The highest BCUT2D eigenvalue weighted by molar-refractivity contribution is 5.74. The minimum absolute atomic E-state index is 0.341. The van der Waals surface area contributed by atoms with Gasteiger partial charge in [-0.2, -0.15) is 18.3 Å². The molecular formula is C16H19F3N2. The van der Waals surface area contributed by atoms with Crippen molar-refractivity contribution in [1.29, 1.82) is 0 Å². The molecule has 0 atom stereocenters. The summed E-state index contributed by atoms with van der Waals surface area (Å²) in [6.45, 7) is 4.32. The molecule has 5 heteroatoms. The summed E-state index contributed by atoms with van der Waals surface area (Å²) in [7, 11) is 0. The van der Waals surface area contributed by atoms with Crippen LogP contribution in [0, 0.1) is 0 Å². The number of aromatic nitrogens is 2. The quantitative estimate of drug-likeness (QED) is 0.737. The van der Waals surface area contributed by atoms with Crippen molar-refractivity contribution in [2.45, 2.75) is 45.8 Å². The van der Waals surface area contributed by atoms with Gasteiger partial charge in [0.15, 0.2) is 0 Å². The maximum atomic E-state index is 13.0. The van der Waals surface area contributed by atoms with Gasteiger partial charge in [0.05, 0.1) is 11.3 Å². The lowest BCUT2D eigenvalue weighted by atomic mass is 10.1. The zero-order chi connectivity index (χ0) is 15.5. The number of allylic oxidation sites excluding steroid dienone is 6. The van der Waals surface area contributed by atoms with Crippen LogP contribution >= 0.6 is 0 Å². The zero-order valence-electron chi connectivity index (χ0n) is 12.2. The molecule has 2 heterocycles. The van der Waals surface area contributed by atoms with Gasteiger partial charge in [-0.1, -0.05) is 25.2 Å². The van der Waals surface area contributed by atoms with E-state index in [1.807, 2.05) is 10.7 Å². The molecule has 0 amide bonds. The molecule has 0 aliphatic carbocycles. The number of rotatable bonds is 4. The molecule has 21 heavy (non-hydrogen) atoms. The third-order valence-corrected chi connectivity index (χ3v) is 3.37. The van der Waals surface area contributed by atoms with Gasteiger partial charge in [0.25, 0.3) is 0 Å². The molecule has 0 unspecified atom stereocenters. The number of fused-ring (bicyclic) bond motifs is 1. The largest absolute Gasteiger partial charge is 0.416 e. The summed E-state index contributed by atoms with van der Waals surface area (Å²) in [4.78, 5) is 0. The molecule has 2 rings (SSSR count). The molecule has 2 nitrogen and oxygen atoms in total. The van der Waals surface area contributed by atoms with Crippen LogP contribution in [0.4, 0.5) is 13.2 Å². The number of hydrogen-bond acceptors (Lipinski definition) is 1. The average Bonchev–Trinajstić information content (AvgIpc) is 2.96. The van der Waals surface area contributed by atoms with Crippen molar-refractivity contribution in [2.75, 3.05) is 0 Å². The highest BCUT2D eigenvalue weighted by Crippen LogP contribution is 2.30. The van der Waals surface area contributed by atoms with E-state index >= 15 is 0 Å². The Morgan fingerprint density at radius 1 is 1.43 bits per heavy atom. The summed E-state index contributed by atoms with van der Waals surface area (Å²) < 4.78 is 40.9. The number of nitrogens with zero attached hydrogens (tertiary/aromatic N) is 2. The van der Waals surface area contributed by atoms with Crippen molar-refractivity contribution in [1.82, 2.24) is 9.78 Å². The van der Waals surface area contributed by atoms with Crippen LogP contribution in [-0.4, -0.2) is 16.0 Å². The summed E-state index contributed by atoms with van der Waals surface area (Å²) >= 11 is 0. The molecule has 0 N–H and O–H groups in total. The van der Waals surface area contributed by atoms with Crippen LogP contribution in [-0.2, 0) is 13.0 Å².